The van der Waals surface area contributed by atoms with Crippen molar-refractivity contribution in [3.63, 3.8) is 0 Å². The number of rotatable bonds is 7. The summed E-state index contributed by atoms with van der Waals surface area (Å²) in [5, 5.41) is 7.83. The van der Waals surface area contributed by atoms with Gasteiger partial charge in [0.15, 0.2) is 0 Å². The van der Waals surface area contributed by atoms with Crippen LogP contribution >= 0.6 is 0 Å². The fourth-order valence-electron chi connectivity index (χ4n) is 3.52. The normalized spacial score (nSPS) is 21.4. The summed E-state index contributed by atoms with van der Waals surface area (Å²) in [5.74, 6) is 0.0203. The first-order valence-corrected chi connectivity index (χ1v) is 8.78. The highest BCUT2D eigenvalue weighted by Gasteiger charge is 2.39. The molecule has 6 nitrogen and oxygen atoms in total. The van der Waals surface area contributed by atoms with Crippen molar-refractivity contribution in [2.24, 2.45) is 5.92 Å². The average Bonchev–Trinajstić information content (AvgIpc) is 3.19. The first-order valence-electron chi connectivity index (χ1n) is 8.78. The second kappa shape index (κ2) is 7.97. The van der Waals surface area contributed by atoms with Crippen LogP contribution in [0.4, 0.5) is 4.39 Å². The molecule has 2 heterocycles. The largest absolute Gasteiger partial charge is 0.383 e. The van der Waals surface area contributed by atoms with E-state index in [1.165, 1.54) is 12.1 Å². The van der Waals surface area contributed by atoms with Crippen molar-refractivity contribution >= 4 is 5.91 Å². The van der Waals surface area contributed by atoms with Crippen LogP contribution in [0.5, 0.6) is 0 Å². The SMILES string of the molecule is COC[C@H](C)NC[C@@H]1CC(=O)N(C)[C@H]1c1cnn(-c2ccc(F)cc2)c1. The maximum absolute atomic E-state index is 13.1. The van der Waals surface area contributed by atoms with Gasteiger partial charge in [-0.1, -0.05) is 0 Å². The van der Waals surface area contributed by atoms with Crippen LogP contribution < -0.4 is 5.32 Å². The van der Waals surface area contributed by atoms with E-state index in [0.717, 1.165) is 17.8 Å². The van der Waals surface area contributed by atoms with Crippen LogP contribution in [0.2, 0.25) is 0 Å². The first-order chi connectivity index (χ1) is 12.5. The molecule has 1 aliphatic heterocycles. The molecule has 1 amide bonds. The molecular weight excluding hydrogens is 335 g/mol. The lowest BCUT2D eigenvalue weighted by molar-refractivity contribution is -0.127. The van der Waals surface area contributed by atoms with Crippen LogP contribution in [0, 0.1) is 11.7 Å². The lowest BCUT2D eigenvalue weighted by atomic mass is 9.95. The van der Waals surface area contributed by atoms with E-state index in [4.69, 9.17) is 4.74 Å². The minimum Gasteiger partial charge on any atom is -0.383 e. The molecule has 1 N–H and O–H groups in total. The maximum Gasteiger partial charge on any atom is 0.223 e. The highest BCUT2D eigenvalue weighted by atomic mass is 19.1. The third-order valence-corrected chi connectivity index (χ3v) is 4.87. The summed E-state index contributed by atoms with van der Waals surface area (Å²) in [7, 11) is 3.51. The molecule has 1 aromatic heterocycles. The Morgan fingerprint density at radius 3 is 2.81 bits per heavy atom. The molecule has 26 heavy (non-hydrogen) atoms. The number of carbonyl (C=O) groups is 1. The number of nitrogens with one attached hydrogen (secondary N) is 1. The Bertz CT molecular complexity index is 746. The Kier molecular flexibility index (Phi) is 5.68. The second-order valence-corrected chi connectivity index (χ2v) is 6.87. The third-order valence-electron chi connectivity index (χ3n) is 4.87. The predicted molar refractivity (Wildman–Crippen MR) is 96.5 cm³/mol. The molecule has 140 valence electrons. The Labute approximate surface area is 152 Å². The Morgan fingerprint density at radius 2 is 2.12 bits per heavy atom. The van der Waals surface area contributed by atoms with E-state index >= 15 is 0 Å². The van der Waals surface area contributed by atoms with Crippen molar-refractivity contribution in [1.82, 2.24) is 20.0 Å². The number of carbonyl (C=O) groups excluding carboxylic acids is 1. The molecule has 0 saturated carbocycles. The summed E-state index contributed by atoms with van der Waals surface area (Å²) in [6.45, 7) is 3.42. The number of halogens is 1. The van der Waals surface area contributed by atoms with Crippen molar-refractivity contribution in [2.45, 2.75) is 25.4 Å². The summed E-state index contributed by atoms with van der Waals surface area (Å²) in [6, 6.07) is 6.38. The molecule has 7 heteroatoms. The molecule has 0 unspecified atom stereocenters. The molecule has 2 aromatic rings. The second-order valence-electron chi connectivity index (χ2n) is 6.87. The van der Waals surface area contributed by atoms with Crippen molar-refractivity contribution < 1.29 is 13.9 Å². The minimum atomic E-state index is -0.279. The van der Waals surface area contributed by atoms with Gasteiger partial charge in [-0.05, 0) is 31.2 Å². The van der Waals surface area contributed by atoms with E-state index in [-0.39, 0.29) is 29.7 Å². The van der Waals surface area contributed by atoms with Gasteiger partial charge in [-0.2, -0.15) is 5.10 Å². The van der Waals surface area contributed by atoms with Gasteiger partial charge >= 0.3 is 0 Å². The quantitative estimate of drug-likeness (QED) is 0.822. The van der Waals surface area contributed by atoms with E-state index < -0.39 is 0 Å². The van der Waals surface area contributed by atoms with Crippen LogP contribution in [0.1, 0.15) is 24.9 Å². The zero-order valence-corrected chi connectivity index (χ0v) is 15.4. The topological polar surface area (TPSA) is 59.4 Å². The fraction of sp³-hybridized carbons (Fsp3) is 0.474. The van der Waals surface area contributed by atoms with Crippen LogP contribution in [0.3, 0.4) is 0 Å². The molecule has 0 aliphatic carbocycles. The molecule has 3 atom stereocenters. The fourth-order valence-corrected chi connectivity index (χ4v) is 3.52. The van der Waals surface area contributed by atoms with Crippen LogP contribution in [0.15, 0.2) is 36.7 Å². The van der Waals surface area contributed by atoms with Gasteiger partial charge in [-0.3, -0.25) is 4.79 Å². The first kappa shape index (κ1) is 18.5. The number of aromatic nitrogens is 2. The number of hydrogen-bond donors (Lipinski definition) is 1. The van der Waals surface area contributed by atoms with E-state index in [9.17, 15) is 9.18 Å². The molecule has 0 radical (unpaired) electrons. The standard InChI is InChI=1S/C19H25FN4O2/c1-13(12-26-3)21-9-14-8-18(25)23(2)19(14)15-10-22-24(11-15)17-6-4-16(20)5-7-17/h4-7,10-11,13-14,19,21H,8-9,12H2,1-3H3/t13-,14-,19+/m0/s1. The van der Waals surface area contributed by atoms with Gasteiger partial charge in [-0.15, -0.1) is 0 Å². The summed E-state index contributed by atoms with van der Waals surface area (Å²) >= 11 is 0. The van der Waals surface area contributed by atoms with Crippen LogP contribution in [0.25, 0.3) is 5.69 Å². The predicted octanol–water partition coefficient (Wildman–Crippen LogP) is 2.16. The van der Waals surface area contributed by atoms with Gasteiger partial charge in [0.2, 0.25) is 5.91 Å². The maximum atomic E-state index is 13.1. The summed E-state index contributed by atoms with van der Waals surface area (Å²) < 4.78 is 20.0. The van der Waals surface area contributed by atoms with Crippen molar-refractivity contribution in [3.8, 4) is 5.69 Å². The molecule has 1 fully saturated rings. The Hall–Kier alpha value is -2.25. The van der Waals surface area contributed by atoms with E-state index in [1.54, 1.807) is 35.0 Å². The molecule has 1 aromatic carbocycles. The highest BCUT2D eigenvalue weighted by molar-refractivity contribution is 5.79. The summed E-state index contributed by atoms with van der Waals surface area (Å²) in [6.07, 6.45) is 4.21. The van der Waals surface area contributed by atoms with E-state index in [1.807, 2.05) is 13.2 Å². The molecule has 0 bridgehead atoms. The number of likely N-dealkylation sites (tertiary alicyclic amines) is 1. The number of benzene rings is 1. The number of hydrogen-bond acceptors (Lipinski definition) is 4. The molecule has 0 spiro atoms. The monoisotopic (exact) mass is 360 g/mol. The van der Waals surface area contributed by atoms with Gasteiger partial charge in [0.1, 0.15) is 5.82 Å². The van der Waals surface area contributed by atoms with E-state index in [0.29, 0.717) is 13.0 Å². The average molecular weight is 360 g/mol. The number of methoxy groups -OCH3 is 1. The summed E-state index contributed by atoms with van der Waals surface area (Å²) in [4.78, 5) is 14.0. The van der Waals surface area contributed by atoms with Crippen LogP contribution in [-0.4, -0.2) is 53.9 Å². The van der Waals surface area contributed by atoms with Gasteiger partial charge in [0.25, 0.3) is 0 Å². The lowest BCUT2D eigenvalue weighted by Crippen LogP contribution is -2.36. The summed E-state index contributed by atoms with van der Waals surface area (Å²) in [5.41, 5.74) is 1.77. The Balaban J connectivity index is 1.76. The highest BCUT2D eigenvalue weighted by Crippen LogP contribution is 2.36. The van der Waals surface area contributed by atoms with Gasteiger partial charge in [0, 0.05) is 50.8 Å². The zero-order valence-electron chi connectivity index (χ0n) is 15.4. The lowest BCUT2D eigenvalue weighted by Gasteiger charge is -2.25. The van der Waals surface area contributed by atoms with Gasteiger partial charge in [0.05, 0.1) is 24.5 Å². The zero-order chi connectivity index (χ0) is 18.7. The minimum absolute atomic E-state index is 0.0288. The molecule has 1 saturated heterocycles. The van der Waals surface area contributed by atoms with Crippen molar-refractivity contribution in [3.05, 3.63) is 48.0 Å². The molecular formula is C19H25FN4O2. The number of amides is 1. The van der Waals surface area contributed by atoms with Crippen LogP contribution in [-0.2, 0) is 9.53 Å². The Morgan fingerprint density at radius 1 is 1.38 bits per heavy atom. The smallest absolute Gasteiger partial charge is 0.223 e. The van der Waals surface area contributed by atoms with Gasteiger partial charge < -0.3 is 15.0 Å². The third kappa shape index (κ3) is 3.94. The molecule has 3 rings (SSSR count). The number of ether oxygens (including phenoxy) is 1. The van der Waals surface area contributed by atoms with Crippen molar-refractivity contribution in [1.29, 1.82) is 0 Å². The van der Waals surface area contributed by atoms with Gasteiger partial charge in [-0.25, -0.2) is 9.07 Å². The molecule has 1 aliphatic rings. The number of nitrogens with zero attached hydrogens (tertiary/aromatic N) is 3. The van der Waals surface area contributed by atoms with E-state index in [2.05, 4.69) is 17.3 Å². The van der Waals surface area contributed by atoms with Crippen molar-refractivity contribution in [2.75, 3.05) is 27.3 Å².